The molecule has 1 unspecified atom stereocenters. The molecule has 0 spiro atoms. The van der Waals surface area contributed by atoms with Crippen LogP contribution in [0, 0.1) is 23.1 Å². The van der Waals surface area contributed by atoms with Gasteiger partial charge in [0.2, 0.25) is 0 Å². The van der Waals surface area contributed by atoms with E-state index in [0.29, 0.717) is 30.1 Å². The number of carbonyl (C=O) groups excluding carboxylic acids is 2. The summed E-state index contributed by atoms with van der Waals surface area (Å²) in [5.41, 5.74) is 5.23. The van der Waals surface area contributed by atoms with Crippen LogP contribution in [0.5, 0.6) is 0 Å². The van der Waals surface area contributed by atoms with Crippen LogP contribution in [-0.4, -0.2) is 33.4 Å². The molecule has 2 amide bonds. The lowest BCUT2D eigenvalue weighted by Crippen LogP contribution is -2.34. The molecule has 0 bridgehead atoms. The number of nitrogens with zero attached hydrogens (tertiary/aromatic N) is 2. The van der Waals surface area contributed by atoms with Crippen molar-refractivity contribution in [1.29, 1.82) is 5.26 Å². The highest BCUT2D eigenvalue weighted by molar-refractivity contribution is 7.85. The van der Waals surface area contributed by atoms with Crippen LogP contribution in [0.25, 0.3) is 0 Å². The Labute approximate surface area is 167 Å². The Bertz CT molecular complexity index is 977. The van der Waals surface area contributed by atoms with Gasteiger partial charge in [0.15, 0.2) is 0 Å². The van der Waals surface area contributed by atoms with E-state index in [1.54, 1.807) is 4.31 Å². The van der Waals surface area contributed by atoms with E-state index in [4.69, 9.17) is 11.0 Å². The van der Waals surface area contributed by atoms with Crippen LogP contribution in [0.2, 0.25) is 0 Å². The number of rotatable bonds is 5. The molecule has 1 aliphatic rings. The summed E-state index contributed by atoms with van der Waals surface area (Å²) in [7, 11) is -1.55. The molecule has 1 aliphatic heterocycles. The first-order chi connectivity index (χ1) is 13.4. The van der Waals surface area contributed by atoms with Crippen molar-refractivity contribution in [3.8, 4) is 6.07 Å². The first-order valence-electron chi connectivity index (χ1n) is 8.46. The number of anilines is 1. The molecule has 2 aromatic rings. The quantitative estimate of drug-likeness (QED) is 0.773. The molecule has 7 nitrogen and oxygen atoms in total. The number of carbonyl (C=O) groups is 2. The standard InChI is InChI=1S/C18H17FN4O3S2/c19-14-4-2-1-3-12(14)17(25)22-18-13(16(21)24)9-15(27-18)28(26)23-7-5-11(10-20)6-8-23/h1-4,9,11H,5-8H2,(H2,21,24)(H,22,25). The van der Waals surface area contributed by atoms with Gasteiger partial charge in [0.25, 0.3) is 11.8 Å². The average molecular weight is 420 g/mol. The molecule has 1 saturated heterocycles. The molecule has 3 rings (SSSR count). The molecule has 146 valence electrons. The Hall–Kier alpha value is -2.61. The van der Waals surface area contributed by atoms with Crippen molar-refractivity contribution in [3.63, 3.8) is 0 Å². The first kappa shape index (κ1) is 20.1. The predicted octanol–water partition coefficient (Wildman–Crippen LogP) is 2.50. The van der Waals surface area contributed by atoms with Crippen LogP contribution in [0.1, 0.15) is 33.6 Å². The zero-order valence-electron chi connectivity index (χ0n) is 14.7. The molecule has 1 aromatic carbocycles. The average Bonchev–Trinajstić information content (AvgIpc) is 3.11. The number of nitrogens with one attached hydrogen (secondary N) is 1. The largest absolute Gasteiger partial charge is 0.366 e. The number of nitriles is 1. The molecular weight excluding hydrogens is 403 g/mol. The highest BCUT2D eigenvalue weighted by atomic mass is 32.2. The fourth-order valence-electron chi connectivity index (χ4n) is 2.82. The van der Waals surface area contributed by atoms with Crippen LogP contribution in [-0.2, 0) is 11.0 Å². The topological polar surface area (TPSA) is 116 Å². The summed E-state index contributed by atoms with van der Waals surface area (Å²) in [6.07, 6.45) is 1.24. The Morgan fingerprint density at radius 1 is 1.29 bits per heavy atom. The highest BCUT2D eigenvalue weighted by Gasteiger charge is 2.27. The Balaban J connectivity index is 1.81. The van der Waals surface area contributed by atoms with Gasteiger partial charge in [0.05, 0.1) is 17.2 Å². The fraction of sp³-hybridized carbons (Fsp3) is 0.278. The lowest BCUT2D eigenvalue weighted by molar-refractivity contribution is 0.100. The number of amides is 2. The third-order valence-electron chi connectivity index (χ3n) is 4.36. The molecule has 28 heavy (non-hydrogen) atoms. The van der Waals surface area contributed by atoms with E-state index in [-0.39, 0.29) is 22.0 Å². The van der Waals surface area contributed by atoms with Gasteiger partial charge in [0, 0.05) is 19.0 Å². The molecule has 0 aliphatic carbocycles. The van der Waals surface area contributed by atoms with Gasteiger partial charge < -0.3 is 11.1 Å². The summed E-state index contributed by atoms with van der Waals surface area (Å²) >= 11 is 0.963. The minimum atomic E-state index is -1.55. The number of primary amides is 1. The Morgan fingerprint density at radius 2 is 1.96 bits per heavy atom. The van der Waals surface area contributed by atoms with Crippen molar-refractivity contribution >= 4 is 39.1 Å². The SMILES string of the molecule is N#CC1CCN(S(=O)c2cc(C(N)=O)c(NC(=O)c3ccccc3F)s2)CC1. The van der Waals surface area contributed by atoms with Crippen molar-refractivity contribution in [2.75, 3.05) is 18.4 Å². The van der Waals surface area contributed by atoms with Gasteiger partial charge in [-0.3, -0.25) is 9.59 Å². The summed E-state index contributed by atoms with van der Waals surface area (Å²) in [5, 5.41) is 11.6. The van der Waals surface area contributed by atoms with E-state index >= 15 is 0 Å². The highest BCUT2D eigenvalue weighted by Crippen LogP contribution is 2.33. The zero-order valence-corrected chi connectivity index (χ0v) is 16.3. The number of hydrogen-bond acceptors (Lipinski definition) is 5. The van der Waals surface area contributed by atoms with E-state index in [2.05, 4.69) is 11.4 Å². The monoisotopic (exact) mass is 420 g/mol. The van der Waals surface area contributed by atoms with Crippen LogP contribution in [0.15, 0.2) is 34.5 Å². The van der Waals surface area contributed by atoms with Crippen molar-refractivity contribution in [3.05, 3.63) is 47.3 Å². The summed E-state index contributed by atoms with van der Waals surface area (Å²) < 4.78 is 28.7. The third-order valence-corrected chi connectivity index (χ3v) is 7.18. The lowest BCUT2D eigenvalue weighted by atomic mass is 10.0. The minimum absolute atomic E-state index is 0.0185. The van der Waals surface area contributed by atoms with Crippen LogP contribution in [0.4, 0.5) is 9.39 Å². The molecule has 0 radical (unpaired) electrons. The summed E-state index contributed by atoms with van der Waals surface area (Å²) in [6, 6.07) is 9.05. The van der Waals surface area contributed by atoms with Gasteiger partial charge in [-0.05, 0) is 31.0 Å². The molecule has 1 fully saturated rings. The number of benzene rings is 1. The molecule has 1 aromatic heterocycles. The van der Waals surface area contributed by atoms with Crippen molar-refractivity contribution in [2.45, 2.75) is 17.1 Å². The fourth-order valence-corrected chi connectivity index (χ4v) is 5.48. The Kier molecular flexibility index (Phi) is 6.18. The maximum Gasteiger partial charge on any atom is 0.259 e. The van der Waals surface area contributed by atoms with Crippen molar-refractivity contribution in [1.82, 2.24) is 4.31 Å². The number of piperidine rings is 1. The van der Waals surface area contributed by atoms with Gasteiger partial charge in [-0.1, -0.05) is 12.1 Å². The van der Waals surface area contributed by atoms with Crippen molar-refractivity contribution < 1.29 is 18.2 Å². The maximum absolute atomic E-state index is 13.8. The number of halogens is 1. The normalized spacial score (nSPS) is 16.3. The summed E-state index contributed by atoms with van der Waals surface area (Å²) in [4.78, 5) is 24.1. The molecule has 1 atom stereocenters. The summed E-state index contributed by atoms with van der Waals surface area (Å²) in [5.74, 6) is -2.25. The van der Waals surface area contributed by atoms with Crippen molar-refractivity contribution in [2.24, 2.45) is 11.7 Å². The second-order valence-electron chi connectivity index (χ2n) is 6.19. The van der Waals surface area contributed by atoms with Gasteiger partial charge in [-0.25, -0.2) is 12.9 Å². The van der Waals surface area contributed by atoms with Gasteiger partial charge in [-0.15, -0.1) is 11.3 Å². The predicted molar refractivity (Wildman–Crippen MR) is 104 cm³/mol. The third kappa shape index (κ3) is 4.27. The number of thiophene rings is 1. The van der Waals surface area contributed by atoms with Gasteiger partial charge in [-0.2, -0.15) is 5.26 Å². The minimum Gasteiger partial charge on any atom is -0.366 e. The molecule has 3 N–H and O–H groups in total. The van der Waals surface area contributed by atoms with Crippen LogP contribution in [0.3, 0.4) is 0 Å². The van der Waals surface area contributed by atoms with E-state index in [1.165, 1.54) is 24.3 Å². The second-order valence-corrected chi connectivity index (χ2v) is 8.95. The smallest absolute Gasteiger partial charge is 0.259 e. The van der Waals surface area contributed by atoms with E-state index in [0.717, 1.165) is 17.4 Å². The van der Waals surface area contributed by atoms with Crippen LogP contribution >= 0.6 is 11.3 Å². The molecular formula is C18H17FN4O3S2. The zero-order chi connectivity index (χ0) is 20.3. The van der Waals surface area contributed by atoms with E-state index in [9.17, 15) is 18.2 Å². The Morgan fingerprint density at radius 3 is 2.57 bits per heavy atom. The van der Waals surface area contributed by atoms with Gasteiger partial charge in [0.1, 0.15) is 26.0 Å². The van der Waals surface area contributed by atoms with E-state index in [1.807, 2.05) is 0 Å². The summed E-state index contributed by atoms with van der Waals surface area (Å²) in [6.45, 7) is 0.983. The molecule has 2 heterocycles. The molecule has 0 saturated carbocycles. The maximum atomic E-state index is 13.8. The van der Waals surface area contributed by atoms with Gasteiger partial charge >= 0.3 is 0 Å². The van der Waals surface area contributed by atoms with E-state index < -0.39 is 28.6 Å². The lowest BCUT2D eigenvalue weighted by Gasteiger charge is -2.27. The second kappa shape index (κ2) is 8.60. The van der Waals surface area contributed by atoms with Crippen LogP contribution < -0.4 is 11.1 Å². The number of hydrogen-bond donors (Lipinski definition) is 2. The molecule has 10 heteroatoms. The first-order valence-corrected chi connectivity index (χ1v) is 10.4. The number of nitrogens with two attached hydrogens (primary N) is 1.